The normalized spacial score (nSPS) is 29.8. The van der Waals surface area contributed by atoms with E-state index in [0.29, 0.717) is 19.6 Å². The Morgan fingerprint density at radius 2 is 2.43 bits per heavy atom. The van der Waals surface area contributed by atoms with E-state index in [9.17, 15) is 4.79 Å². The van der Waals surface area contributed by atoms with Crippen LogP contribution in [0, 0.1) is 5.92 Å². The van der Waals surface area contributed by atoms with Crippen molar-refractivity contribution in [2.45, 2.75) is 26.4 Å². The van der Waals surface area contributed by atoms with Crippen molar-refractivity contribution in [2.24, 2.45) is 5.92 Å². The number of carbonyl (C=O) groups excluding carboxylic acids is 1. The summed E-state index contributed by atoms with van der Waals surface area (Å²) in [5.41, 5.74) is 1.20. The van der Waals surface area contributed by atoms with Gasteiger partial charge < -0.3 is 14.3 Å². The van der Waals surface area contributed by atoms with Gasteiger partial charge in [-0.2, -0.15) is 0 Å². The van der Waals surface area contributed by atoms with Crippen LogP contribution in [0.1, 0.15) is 20.3 Å². The SMILES string of the molecule is COC/C=C1\CO[C@H](C)[C@H]1CC(C)=O. The molecule has 3 heteroatoms. The van der Waals surface area contributed by atoms with E-state index in [-0.39, 0.29) is 17.8 Å². The maximum absolute atomic E-state index is 11.1. The maximum atomic E-state index is 11.1. The number of methoxy groups -OCH3 is 1. The molecule has 0 spiro atoms. The summed E-state index contributed by atoms with van der Waals surface area (Å²) in [6.45, 7) is 4.88. The smallest absolute Gasteiger partial charge is 0.130 e. The highest BCUT2D eigenvalue weighted by Crippen LogP contribution is 2.29. The number of ether oxygens (including phenoxy) is 2. The highest BCUT2D eigenvalue weighted by Gasteiger charge is 2.29. The highest BCUT2D eigenvalue weighted by atomic mass is 16.5. The molecule has 0 radical (unpaired) electrons. The summed E-state index contributed by atoms with van der Waals surface area (Å²) in [6.07, 6.45) is 2.76. The van der Waals surface area contributed by atoms with Gasteiger partial charge in [-0.15, -0.1) is 0 Å². The summed E-state index contributed by atoms with van der Waals surface area (Å²) < 4.78 is 10.5. The van der Waals surface area contributed by atoms with Gasteiger partial charge in [0.05, 0.1) is 19.3 Å². The number of Topliss-reactive ketones (excluding diaryl/α,β-unsaturated/α-hetero) is 1. The Bertz CT molecular complexity index is 233. The molecule has 0 aromatic heterocycles. The average Bonchev–Trinajstić information content (AvgIpc) is 2.45. The highest BCUT2D eigenvalue weighted by molar-refractivity contribution is 5.76. The van der Waals surface area contributed by atoms with Gasteiger partial charge in [0.2, 0.25) is 0 Å². The van der Waals surface area contributed by atoms with E-state index in [1.54, 1.807) is 14.0 Å². The van der Waals surface area contributed by atoms with Crippen molar-refractivity contribution in [3.63, 3.8) is 0 Å². The van der Waals surface area contributed by atoms with Crippen LogP contribution in [0.5, 0.6) is 0 Å². The lowest BCUT2D eigenvalue weighted by atomic mass is 9.92. The topological polar surface area (TPSA) is 35.5 Å². The summed E-state index contributed by atoms with van der Waals surface area (Å²) in [4.78, 5) is 11.1. The van der Waals surface area contributed by atoms with Gasteiger partial charge in [0.15, 0.2) is 0 Å². The summed E-state index contributed by atoms with van der Waals surface area (Å²) in [7, 11) is 1.66. The van der Waals surface area contributed by atoms with Gasteiger partial charge in [-0.05, 0) is 19.4 Å². The van der Waals surface area contributed by atoms with Gasteiger partial charge in [0, 0.05) is 19.4 Å². The van der Waals surface area contributed by atoms with Crippen LogP contribution in [-0.4, -0.2) is 32.2 Å². The Morgan fingerprint density at radius 1 is 1.71 bits per heavy atom. The predicted octanol–water partition coefficient (Wildman–Crippen LogP) is 1.57. The number of ketones is 1. The molecule has 0 N–H and O–H groups in total. The van der Waals surface area contributed by atoms with Gasteiger partial charge in [0.1, 0.15) is 5.78 Å². The fourth-order valence-corrected chi connectivity index (χ4v) is 1.76. The fourth-order valence-electron chi connectivity index (χ4n) is 1.76. The Kier molecular flexibility index (Phi) is 4.29. The first kappa shape index (κ1) is 11.4. The quantitative estimate of drug-likeness (QED) is 0.643. The van der Waals surface area contributed by atoms with Crippen LogP contribution in [0.3, 0.4) is 0 Å². The second kappa shape index (κ2) is 5.27. The monoisotopic (exact) mass is 198 g/mol. The predicted molar refractivity (Wildman–Crippen MR) is 54.2 cm³/mol. The van der Waals surface area contributed by atoms with Crippen molar-refractivity contribution in [3.05, 3.63) is 11.6 Å². The number of hydrogen-bond acceptors (Lipinski definition) is 3. The number of carbonyl (C=O) groups is 1. The van der Waals surface area contributed by atoms with E-state index < -0.39 is 0 Å². The van der Waals surface area contributed by atoms with Crippen LogP contribution < -0.4 is 0 Å². The van der Waals surface area contributed by atoms with E-state index in [1.165, 1.54) is 5.57 Å². The standard InChI is InChI=1S/C11H18O3/c1-8(12)6-11-9(2)14-7-10(11)4-5-13-3/h4,9,11H,5-7H2,1-3H3/b10-4+/t9-,11-/m1/s1. The zero-order chi connectivity index (χ0) is 10.6. The third kappa shape index (κ3) is 2.93. The van der Waals surface area contributed by atoms with Crippen LogP contribution in [-0.2, 0) is 14.3 Å². The molecule has 14 heavy (non-hydrogen) atoms. The van der Waals surface area contributed by atoms with Crippen LogP contribution in [0.15, 0.2) is 11.6 Å². The molecule has 0 aromatic carbocycles. The first-order valence-electron chi connectivity index (χ1n) is 4.94. The molecule has 80 valence electrons. The Labute approximate surface area is 85.1 Å². The van der Waals surface area contributed by atoms with Crippen LogP contribution in [0.4, 0.5) is 0 Å². The molecule has 3 nitrogen and oxygen atoms in total. The van der Waals surface area contributed by atoms with E-state index in [2.05, 4.69) is 0 Å². The molecule has 1 aliphatic rings. The molecular weight excluding hydrogens is 180 g/mol. The number of hydrogen-bond donors (Lipinski definition) is 0. The molecule has 0 unspecified atom stereocenters. The minimum absolute atomic E-state index is 0.155. The van der Waals surface area contributed by atoms with E-state index in [0.717, 1.165) is 0 Å². The van der Waals surface area contributed by atoms with Crippen molar-refractivity contribution in [3.8, 4) is 0 Å². The Morgan fingerprint density at radius 3 is 3.00 bits per heavy atom. The molecule has 1 heterocycles. The Balaban J connectivity index is 2.61. The van der Waals surface area contributed by atoms with Gasteiger partial charge >= 0.3 is 0 Å². The molecule has 0 saturated carbocycles. The molecule has 0 aliphatic carbocycles. The summed E-state index contributed by atoms with van der Waals surface area (Å²) in [5.74, 6) is 0.471. The summed E-state index contributed by atoms with van der Waals surface area (Å²) in [5, 5.41) is 0. The van der Waals surface area contributed by atoms with Crippen molar-refractivity contribution < 1.29 is 14.3 Å². The molecular formula is C11H18O3. The van der Waals surface area contributed by atoms with Gasteiger partial charge in [0.25, 0.3) is 0 Å². The molecule has 0 bridgehead atoms. The second-order valence-corrected chi connectivity index (χ2v) is 3.76. The fraction of sp³-hybridized carbons (Fsp3) is 0.727. The molecule has 1 aliphatic heterocycles. The van der Waals surface area contributed by atoms with Crippen molar-refractivity contribution in [1.82, 2.24) is 0 Å². The Hall–Kier alpha value is -0.670. The summed E-state index contributed by atoms with van der Waals surface area (Å²) in [6, 6.07) is 0. The largest absolute Gasteiger partial charge is 0.381 e. The third-order valence-electron chi connectivity index (χ3n) is 2.58. The first-order chi connectivity index (χ1) is 6.65. The van der Waals surface area contributed by atoms with Crippen molar-refractivity contribution >= 4 is 5.78 Å². The minimum Gasteiger partial charge on any atom is -0.381 e. The molecule has 1 fully saturated rings. The van der Waals surface area contributed by atoms with Gasteiger partial charge in [-0.25, -0.2) is 0 Å². The maximum Gasteiger partial charge on any atom is 0.130 e. The summed E-state index contributed by atoms with van der Waals surface area (Å²) >= 11 is 0. The molecule has 0 aromatic rings. The molecule has 0 amide bonds. The van der Waals surface area contributed by atoms with Crippen LogP contribution in [0.2, 0.25) is 0 Å². The lowest BCUT2D eigenvalue weighted by molar-refractivity contribution is -0.118. The molecule has 1 saturated heterocycles. The van der Waals surface area contributed by atoms with Crippen LogP contribution in [0.25, 0.3) is 0 Å². The van der Waals surface area contributed by atoms with Gasteiger partial charge in [-0.1, -0.05) is 6.08 Å². The lowest BCUT2D eigenvalue weighted by Gasteiger charge is -2.13. The minimum atomic E-state index is 0.155. The molecule has 2 atom stereocenters. The number of rotatable bonds is 4. The molecule has 1 rings (SSSR count). The van der Waals surface area contributed by atoms with E-state index >= 15 is 0 Å². The van der Waals surface area contributed by atoms with Gasteiger partial charge in [-0.3, -0.25) is 0 Å². The van der Waals surface area contributed by atoms with E-state index in [1.807, 2.05) is 13.0 Å². The van der Waals surface area contributed by atoms with Crippen molar-refractivity contribution in [2.75, 3.05) is 20.3 Å². The zero-order valence-corrected chi connectivity index (χ0v) is 9.08. The van der Waals surface area contributed by atoms with Crippen molar-refractivity contribution in [1.29, 1.82) is 0 Å². The van der Waals surface area contributed by atoms with E-state index in [4.69, 9.17) is 9.47 Å². The third-order valence-corrected chi connectivity index (χ3v) is 2.58. The first-order valence-corrected chi connectivity index (χ1v) is 4.94. The zero-order valence-electron chi connectivity index (χ0n) is 9.08. The average molecular weight is 198 g/mol. The lowest BCUT2D eigenvalue weighted by Crippen LogP contribution is -2.15. The second-order valence-electron chi connectivity index (χ2n) is 3.76. The van der Waals surface area contributed by atoms with Crippen LogP contribution >= 0.6 is 0 Å².